The fourth-order valence-electron chi connectivity index (χ4n) is 1.91. The van der Waals surface area contributed by atoms with Crippen molar-refractivity contribution in [2.24, 2.45) is 0 Å². The van der Waals surface area contributed by atoms with Crippen molar-refractivity contribution in [1.82, 2.24) is 4.98 Å². The number of nitrogen functional groups attached to an aromatic ring is 1. The number of nitrogens with zero attached hydrogens (tertiary/aromatic N) is 1. The van der Waals surface area contributed by atoms with E-state index in [1.54, 1.807) is 6.20 Å². The van der Waals surface area contributed by atoms with Gasteiger partial charge in [0.25, 0.3) is 0 Å². The summed E-state index contributed by atoms with van der Waals surface area (Å²) >= 11 is 0. The molecule has 0 unspecified atom stereocenters. The van der Waals surface area contributed by atoms with E-state index < -0.39 is 0 Å². The monoisotopic (exact) mass is 244 g/mol. The maximum Gasteiger partial charge on any atom is 0.0702 e. The van der Waals surface area contributed by atoms with Crippen LogP contribution in [0.2, 0.25) is 0 Å². The Bertz CT molecular complexity index is 795. The first kappa shape index (κ1) is 11.3. The zero-order valence-electron chi connectivity index (χ0n) is 10.3. The number of rotatable bonds is 0. The van der Waals surface area contributed by atoms with Crippen LogP contribution in [0.25, 0.3) is 10.9 Å². The molecule has 0 atom stereocenters. The number of aromatic nitrogens is 1. The van der Waals surface area contributed by atoms with Gasteiger partial charge in [-0.2, -0.15) is 0 Å². The van der Waals surface area contributed by atoms with Crippen LogP contribution in [0.4, 0.5) is 5.69 Å². The second-order valence-corrected chi connectivity index (χ2v) is 4.29. The van der Waals surface area contributed by atoms with Crippen molar-refractivity contribution in [2.75, 3.05) is 5.73 Å². The van der Waals surface area contributed by atoms with Gasteiger partial charge in [-0.3, -0.25) is 4.98 Å². The first-order valence-electron chi connectivity index (χ1n) is 6.04. The highest BCUT2D eigenvalue weighted by molar-refractivity contribution is 5.79. The van der Waals surface area contributed by atoms with E-state index in [4.69, 9.17) is 5.73 Å². The predicted molar refractivity (Wildman–Crippen MR) is 78.6 cm³/mol. The summed E-state index contributed by atoms with van der Waals surface area (Å²) in [4.78, 5) is 4.29. The molecule has 2 aromatic carbocycles. The van der Waals surface area contributed by atoms with E-state index >= 15 is 0 Å². The Morgan fingerprint density at radius 2 is 1.68 bits per heavy atom. The molecule has 0 bridgehead atoms. The van der Waals surface area contributed by atoms with Gasteiger partial charge in [-0.05, 0) is 42.5 Å². The Labute approximate surface area is 111 Å². The molecule has 0 aliphatic rings. The molecule has 2 nitrogen and oxygen atoms in total. The highest BCUT2D eigenvalue weighted by atomic mass is 14.6. The minimum Gasteiger partial charge on any atom is -0.399 e. The molecule has 2 heteroatoms. The Morgan fingerprint density at radius 1 is 0.842 bits per heavy atom. The summed E-state index contributed by atoms with van der Waals surface area (Å²) in [5.74, 6) is 6.26. The minimum atomic E-state index is 0.731. The molecule has 3 aromatic rings. The second-order valence-electron chi connectivity index (χ2n) is 4.29. The zero-order valence-corrected chi connectivity index (χ0v) is 10.3. The first-order valence-corrected chi connectivity index (χ1v) is 6.04. The molecule has 0 saturated heterocycles. The third-order valence-corrected chi connectivity index (χ3v) is 2.84. The lowest BCUT2D eigenvalue weighted by atomic mass is 10.1. The topological polar surface area (TPSA) is 38.9 Å². The standard InChI is InChI=1S/C17H12N2/c18-16-5-1-3-13(12-16)6-7-14-8-9-17-15(11-14)4-2-10-19-17/h1-5,8-12H,18H2. The molecule has 2 N–H and O–H groups in total. The van der Waals surface area contributed by atoms with E-state index in [-0.39, 0.29) is 0 Å². The van der Waals surface area contributed by atoms with Crippen LogP contribution in [-0.4, -0.2) is 4.98 Å². The highest BCUT2D eigenvalue weighted by Crippen LogP contribution is 2.12. The van der Waals surface area contributed by atoms with E-state index in [1.165, 1.54) is 0 Å². The normalized spacial score (nSPS) is 9.89. The van der Waals surface area contributed by atoms with E-state index in [9.17, 15) is 0 Å². The quantitative estimate of drug-likeness (QED) is 0.487. The molecule has 19 heavy (non-hydrogen) atoms. The molecule has 90 valence electrons. The molecule has 0 amide bonds. The van der Waals surface area contributed by atoms with Gasteiger partial charge < -0.3 is 5.73 Å². The maximum absolute atomic E-state index is 5.73. The van der Waals surface area contributed by atoms with Crippen molar-refractivity contribution in [3.05, 3.63) is 71.9 Å². The van der Waals surface area contributed by atoms with Gasteiger partial charge in [0.2, 0.25) is 0 Å². The SMILES string of the molecule is Nc1cccc(C#Cc2ccc3ncccc3c2)c1. The lowest BCUT2D eigenvalue weighted by Crippen LogP contribution is -1.84. The van der Waals surface area contributed by atoms with Crippen LogP contribution in [0.5, 0.6) is 0 Å². The van der Waals surface area contributed by atoms with Gasteiger partial charge in [-0.15, -0.1) is 0 Å². The lowest BCUT2D eigenvalue weighted by molar-refractivity contribution is 1.41. The molecular formula is C17H12N2. The van der Waals surface area contributed by atoms with E-state index in [2.05, 4.69) is 16.8 Å². The number of pyridine rings is 1. The largest absolute Gasteiger partial charge is 0.399 e. The molecule has 1 heterocycles. The summed E-state index contributed by atoms with van der Waals surface area (Å²) in [6, 6.07) is 17.6. The fraction of sp³-hybridized carbons (Fsp3) is 0. The van der Waals surface area contributed by atoms with Crippen molar-refractivity contribution in [3.8, 4) is 11.8 Å². The smallest absolute Gasteiger partial charge is 0.0702 e. The highest BCUT2D eigenvalue weighted by Gasteiger charge is 1.94. The summed E-state index contributed by atoms with van der Waals surface area (Å²) in [5.41, 5.74) is 9.34. The average molecular weight is 244 g/mol. The Balaban J connectivity index is 1.98. The fourth-order valence-corrected chi connectivity index (χ4v) is 1.91. The van der Waals surface area contributed by atoms with Gasteiger partial charge in [-0.1, -0.05) is 24.0 Å². The third kappa shape index (κ3) is 2.56. The van der Waals surface area contributed by atoms with Gasteiger partial charge in [0.15, 0.2) is 0 Å². The van der Waals surface area contributed by atoms with Crippen LogP contribution in [0.15, 0.2) is 60.8 Å². The molecule has 0 fully saturated rings. The summed E-state index contributed by atoms with van der Waals surface area (Å²) in [5, 5.41) is 1.10. The molecule has 0 radical (unpaired) electrons. The molecule has 1 aromatic heterocycles. The third-order valence-electron chi connectivity index (χ3n) is 2.84. The van der Waals surface area contributed by atoms with Crippen molar-refractivity contribution in [1.29, 1.82) is 0 Å². The molecule has 0 saturated carbocycles. The van der Waals surface area contributed by atoms with E-state index in [1.807, 2.05) is 54.6 Å². The minimum absolute atomic E-state index is 0.731. The van der Waals surface area contributed by atoms with E-state index in [0.29, 0.717) is 0 Å². The number of hydrogen-bond donors (Lipinski definition) is 1. The van der Waals surface area contributed by atoms with Crippen LogP contribution >= 0.6 is 0 Å². The number of benzene rings is 2. The van der Waals surface area contributed by atoms with Gasteiger partial charge in [0.05, 0.1) is 5.52 Å². The zero-order chi connectivity index (χ0) is 13.1. The molecule has 0 spiro atoms. The maximum atomic E-state index is 5.73. The van der Waals surface area contributed by atoms with Gasteiger partial charge in [-0.25, -0.2) is 0 Å². The number of hydrogen-bond acceptors (Lipinski definition) is 2. The summed E-state index contributed by atoms with van der Waals surface area (Å²) < 4.78 is 0. The lowest BCUT2D eigenvalue weighted by Gasteiger charge is -1.96. The summed E-state index contributed by atoms with van der Waals surface area (Å²) in [6.45, 7) is 0. The van der Waals surface area contributed by atoms with Crippen LogP contribution < -0.4 is 5.73 Å². The second kappa shape index (κ2) is 4.83. The van der Waals surface area contributed by atoms with Gasteiger partial charge >= 0.3 is 0 Å². The van der Waals surface area contributed by atoms with Crippen molar-refractivity contribution in [3.63, 3.8) is 0 Å². The van der Waals surface area contributed by atoms with Gasteiger partial charge in [0.1, 0.15) is 0 Å². The van der Waals surface area contributed by atoms with Crippen LogP contribution in [0, 0.1) is 11.8 Å². The number of fused-ring (bicyclic) bond motifs is 1. The Hall–Kier alpha value is -2.79. The Kier molecular flexibility index (Phi) is 2.88. The van der Waals surface area contributed by atoms with E-state index in [0.717, 1.165) is 27.7 Å². The number of anilines is 1. The van der Waals surface area contributed by atoms with Crippen LogP contribution in [-0.2, 0) is 0 Å². The van der Waals surface area contributed by atoms with Crippen molar-refractivity contribution >= 4 is 16.6 Å². The Morgan fingerprint density at radius 3 is 2.53 bits per heavy atom. The van der Waals surface area contributed by atoms with Gasteiger partial charge in [0, 0.05) is 28.4 Å². The average Bonchev–Trinajstić information content (AvgIpc) is 2.45. The molecule has 0 aliphatic carbocycles. The van der Waals surface area contributed by atoms with Crippen LogP contribution in [0.3, 0.4) is 0 Å². The molecular weight excluding hydrogens is 232 g/mol. The van der Waals surface area contributed by atoms with Crippen molar-refractivity contribution < 1.29 is 0 Å². The number of nitrogens with two attached hydrogens (primary N) is 1. The van der Waals surface area contributed by atoms with Crippen LogP contribution in [0.1, 0.15) is 11.1 Å². The summed E-state index contributed by atoms with van der Waals surface area (Å²) in [6.07, 6.45) is 1.79. The summed E-state index contributed by atoms with van der Waals surface area (Å²) in [7, 11) is 0. The first-order chi connectivity index (χ1) is 9.31. The predicted octanol–water partition coefficient (Wildman–Crippen LogP) is 3.22. The van der Waals surface area contributed by atoms with Crippen molar-refractivity contribution in [2.45, 2.75) is 0 Å². The molecule has 3 rings (SSSR count). The molecule has 0 aliphatic heterocycles.